The molecule has 0 unspecified atom stereocenters. The predicted octanol–water partition coefficient (Wildman–Crippen LogP) is 5.06. The Balaban J connectivity index is 2.21. The van der Waals surface area contributed by atoms with Gasteiger partial charge < -0.3 is 5.11 Å². The highest BCUT2D eigenvalue weighted by Gasteiger charge is 2.42. The van der Waals surface area contributed by atoms with Crippen LogP contribution < -0.4 is 0 Å². The summed E-state index contributed by atoms with van der Waals surface area (Å²) >= 11 is 3.55. The van der Waals surface area contributed by atoms with E-state index in [4.69, 9.17) is 0 Å². The molecule has 1 N–H and O–H groups in total. The van der Waals surface area contributed by atoms with Crippen LogP contribution in [0.1, 0.15) is 48.9 Å². The van der Waals surface area contributed by atoms with E-state index in [0.717, 1.165) is 28.4 Å². The fourth-order valence-corrected chi connectivity index (χ4v) is 3.70. The van der Waals surface area contributed by atoms with Crippen molar-refractivity contribution in [3.63, 3.8) is 0 Å². The van der Waals surface area contributed by atoms with Gasteiger partial charge in [0.15, 0.2) is 0 Å². The zero-order chi connectivity index (χ0) is 15.3. The van der Waals surface area contributed by atoms with Gasteiger partial charge in [0, 0.05) is 4.47 Å². The van der Waals surface area contributed by atoms with Crippen LogP contribution in [0.4, 0.5) is 0 Å². The molecule has 0 heterocycles. The van der Waals surface area contributed by atoms with Crippen LogP contribution in [0.3, 0.4) is 0 Å². The minimum Gasteiger partial charge on any atom is -0.380 e. The van der Waals surface area contributed by atoms with Gasteiger partial charge in [-0.3, -0.25) is 0 Å². The second-order valence-corrected chi connectivity index (χ2v) is 7.72. The minimum absolute atomic E-state index is 0.104. The molecule has 21 heavy (non-hydrogen) atoms. The minimum atomic E-state index is -0.887. The van der Waals surface area contributed by atoms with Crippen molar-refractivity contribution in [3.05, 3.63) is 69.2 Å². The number of aryl methyl sites for hydroxylation is 1. The van der Waals surface area contributed by atoms with E-state index in [0.29, 0.717) is 0 Å². The van der Waals surface area contributed by atoms with Crippen LogP contribution in [0.2, 0.25) is 0 Å². The lowest BCUT2D eigenvalue weighted by Gasteiger charge is -2.43. The van der Waals surface area contributed by atoms with E-state index in [9.17, 15) is 5.11 Å². The summed E-state index contributed by atoms with van der Waals surface area (Å²) in [6.45, 7) is 6.59. The molecule has 0 fully saturated rings. The molecule has 0 saturated carbocycles. The van der Waals surface area contributed by atoms with E-state index in [1.807, 2.05) is 0 Å². The lowest BCUT2D eigenvalue weighted by molar-refractivity contribution is 0.0496. The molecule has 0 aliphatic heterocycles. The van der Waals surface area contributed by atoms with Crippen LogP contribution in [0, 0.1) is 6.92 Å². The smallest absolute Gasteiger partial charge is 0.115 e. The van der Waals surface area contributed by atoms with E-state index >= 15 is 0 Å². The van der Waals surface area contributed by atoms with Gasteiger partial charge in [-0.05, 0) is 54.0 Å². The highest BCUT2D eigenvalue weighted by atomic mass is 79.9. The van der Waals surface area contributed by atoms with Gasteiger partial charge in [0.05, 0.1) is 0 Å². The van der Waals surface area contributed by atoms with Crippen molar-refractivity contribution >= 4 is 15.9 Å². The summed E-state index contributed by atoms with van der Waals surface area (Å²) in [4.78, 5) is 0. The predicted molar refractivity (Wildman–Crippen MR) is 90.6 cm³/mol. The van der Waals surface area contributed by atoms with Crippen LogP contribution in [0.5, 0.6) is 0 Å². The first-order valence-electron chi connectivity index (χ1n) is 7.43. The summed E-state index contributed by atoms with van der Waals surface area (Å²) in [7, 11) is 0. The van der Waals surface area contributed by atoms with Crippen LogP contribution in [0.15, 0.2) is 46.9 Å². The molecule has 2 aromatic carbocycles. The second kappa shape index (κ2) is 4.96. The van der Waals surface area contributed by atoms with Gasteiger partial charge in [0.1, 0.15) is 5.60 Å². The van der Waals surface area contributed by atoms with Gasteiger partial charge in [-0.1, -0.05) is 65.7 Å². The highest BCUT2D eigenvalue weighted by Crippen LogP contribution is 2.48. The largest absolute Gasteiger partial charge is 0.380 e. The molecule has 0 aromatic heterocycles. The van der Waals surface area contributed by atoms with Crippen molar-refractivity contribution in [2.45, 2.75) is 44.6 Å². The molecule has 1 nitrogen and oxygen atoms in total. The first-order valence-corrected chi connectivity index (χ1v) is 8.22. The average molecular weight is 345 g/mol. The van der Waals surface area contributed by atoms with E-state index in [-0.39, 0.29) is 5.41 Å². The first kappa shape index (κ1) is 14.8. The zero-order valence-electron chi connectivity index (χ0n) is 12.8. The third kappa shape index (κ3) is 2.45. The Morgan fingerprint density at radius 2 is 1.62 bits per heavy atom. The molecule has 1 aliphatic rings. The SMILES string of the molecule is Cc1ccc([C@@]2(O)CCC(C)(C)c3ccc(Br)cc32)cc1. The van der Waals surface area contributed by atoms with Crippen LogP contribution in [-0.4, -0.2) is 5.11 Å². The quantitative estimate of drug-likeness (QED) is 0.766. The molecular formula is C19H21BrO. The third-order valence-corrected chi connectivity index (χ3v) is 5.29. The molecule has 2 heteroatoms. The molecule has 2 aromatic rings. The normalized spacial score (nSPS) is 23.7. The molecule has 1 atom stereocenters. The number of benzene rings is 2. The van der Waals surface area contributed by atoms with Gasteiger partial charge >= 0.3 is 0 Å². The Labute approximate surface area is 135 Å². The maximum atomic E-state index is 11.4. The van der Waals surface area contributed by atoms with Crippen molar-refractivity contribution in [1.29, 1.82) is 0 Å². The van der Waals surface area contributed by atoms with Crippen LogP contribution in [-0.2, 0) is 11.0 Å². The lowest BCUT2D eigenvalue weighted by Crippen LogP contribution is -2.38. The number of hydrogen-bond acceptors (Lipinski definition) is 1. The Bertz CT molecular complexity index is 672. The number of fused-ring (bicyclic) bond motifs is 1. The summed E-state index contributed by atoms with van der Waals surface area (Å²) < 4.78 is 1.02. The number of hydrogen-bond donors (Lipinski definition) is 1. The van der Waals surface area contributed by atoms with E-state index in [1.54, 1.807) is 0 Å². The Morgan fingerprint density at radius 1 is 0.952 bits per heavy atom. The van der Waals surface area contributed by atoms with Crippen molar-refractivity contribution in [2.24, 2.45) is 0 Å². The van der Waals surface area contributed by atoms with Gasteiger partial charge in [-0.25, -0.2) is 0 Å². The number of halogens is 1. The molecule has 0 bridgehead atoms. The second-order valence-electron chi connectivity index (χ2n) is 6.80. The van der Waals surface area contributed by atoms with Crippen molar-refractivity contribution in [3.8, 4) is 0 Å². The summed E-state index contributed by atoms with van der Waals surface area (Å²) in [5.41, 5.74) is 3.71. The van der Waals surface area contributed by atoms with E-state index < -0.39 is 5.60 Å². The van der Waals surface area contributed by atoms with Gasteiger partial charge in [0.2, 0.25) is 0 Å². The molecule has 3 rings (SSSR count). The maximum absolute atomic E-state index is 11.4. The summed E-state index contributed by atoms with van der Waals surface area (Å²) in [6, 6.07) is 14.6. The topological polar surface area (TPSA) is 20.2 Å². The van der Waals surface area contributed by atoms with Crippen molar-refractivity contribution in [1.82, 2.24) is 0 Å². The molecule has 0 radical (unpaired) electrons. The fourth-order valence-electron chi connectivity index (χ4n) is 3.34. The molecular weight excluding hydrogens is 324 g/mol. The van der Waals surface area contributed by atoms with E-state index in [1.165, 1.54) is 11.1 Å². The van der Waals surface area contributed by atoms with Gasteiger partial charge in [-0.15, -0.1) is 0 Å². The fraction of sp³-hybridized carbons (Fsp3) is 0.368. The van der Waals surface area contributed by atoms with Crippen molar-refractivity contribution < 1.29 is 5.11 Å². The number of rotatable bonds is 1. The molecule has 110 valence electrons. The standard InChI is InChI=1S/C19H21BrO/c1-13-4-6-14(7-5-13)19(21)11-10-18(2,3)16-9-8-15(20)12-17(16)19/h4-9,12,21H,10-11H2,1-3H3/t19-/m0/s1. The van der Waals surface area contributed by atoms with Crippen LogP contribution >= 0.6 is 15.9 Å². The lowest BCUT2D eigenvalue weighted by atomic mass is 9.65. The average Bonchev–Trinajstić information content (AvgIpc) is 2.44. The molecule has 0 saturated heterocycles. The summed E-state index contributed by atoms with van der Waals surface area (Å²) in [5.74, 6) is 0. The molecule has 1 aliphatic carbocycles. The van der Waals surface area contributed by atoms with Crippen molar-refractivity contribution in [2.75, 3.05) is 0 Å². The summed E-state index contributed by atoms with van der Waals surface area (Å²) in [6.07, 6.45) is 1.73. The highest BCUT2D eigenvalue weighted by molar-refractivity contribution is 9.10. The zero-order valence-corrected chi connectivity index (χ0v) is 14.4. The van der Waals surface area contributed by atoms with E-state index in [2.05, 4.69) is 79.2 Å². The third-order valence-electron chi connectivity index (χ3n) is 4.80. The van der Waals surface area contributed by atoms with Gasteiger partial charge in [0.25, 0.3) is 0 Å². The Kier molecular flexibility index (Phi) is 3.50. The van der Waals surface area contributed by atoms with Crippen LogP contribution in [0.25, 0.3) is 0 Å². The molecule has 0 amide bonds. The summed E-state index contributed by atoms with van der Waals surface area (Å²) in [5, 5.41) is 11.4. The Morgan fingerprint density at radius 3 is 2.29 bits per heavy atom. The molecule has 0 spiro atoms. The first-order chi connectivity index (χ1) is 9.83. The Hall–Kier alpha value is -1.12. The monoisotopic (exact) mass is 344 g/mol. The number of aliphatic hydroxyl groups is 1. The maximum Gasteiger partial charge on any atom is 0.115 e. The van der Waals surface area contributed by atoms with Gasteiger partial charge in [-0.2, -0.15) is 0 Å².